The topological polar surface area (TPSA) is 130 Å². The van der Waals surface area contributed by atoms with E-state index in [0.29, 0.717) is 0 Å². The van der Waals surface area contributed by atoms with Gasteiger partial charge in [-0.05, 0) is 0 Å². The molecule has 100 valence electrons. The fraction of sp³-hybridized carbons (Fsp3) is 0.600. The van der Waals surface area contributed by atoms with Gasteiger partial charge in [0.2, 0.25) is 17.7 Å². The van der Waals surface area contributed by atoms with E-state index in [1.54, 1.807) is 7.05 Å². The molecule has 4 N–H and O–H groups in total. The molecule has 2 atom stereocenters. The Kier molecular flexibility index (Phi) is 4.24. The quantitative estimate of drug-likeness (QED) is 0.520. The van der Waals surface area contributed by atoms with Gasteiger partial charge in [-0.3, -0.25) is 14.4 Å². The number of carboxylic acids is 1. The molecule has 1 rings (SSSR count). The Morgan fingerprint density at radius 1 is 1.56 bits per heavy atom. The van der Waals surface area contributed by atoms with Crippen molar-refractivity contribution >= 4 is 23.7 Å². The van der Waals surface area contributed by atoms with Crippen molar-refractivity contribution in [3.63, 3.8) is 0 Å². The molecule has 1 unspecified atom stereocenters. The summed E-state index contributed by atoms with van der Waals surface area (Å²) in [6.45, 7) is 0.244. The third kappa shape index (κ3) is 3.44. The van der Waals surface area contributed by atoms with E-state index in [9.17, 15) is 19.2 Å². The Bertz CT molecular complexity index is 395. The molecule has 0 bridgehead atoms. The highest BCUT2D eigenvalue weighted by molar-refractivity contribution is 5.92. The van der Waals surface area contributed by atoms with Crippen LogP contribution in [0.2, 0.25) is 0 Å². The van der Waals surface area contributed by atoms with Gasteiger partial charge in [0, 0.05) is 20.0 Å². The van der Waals surface area contributed by atoms with Crippen molar-refractivity contribution in [2.75, 3.05) is 13.6 Å². The van der Waals surface area contributed by atoms with E-state index in [2.05, 4.69) is 5.32 Å². The molecule has 1 saturated heterocycles. The van der Waals surface area contributed by atoms with E-state index in [1.807, 2.05) is 0 Å². The van der Waals surface area contributed by atoms with Crippen LogP contribution in [0.15, 0.2) is 0 Å². The maximum atomic E-state index is 11.7. The Morgan fingerprint density at radius 3 is 2.56 bits per heavy atom. The van der Waals surface area contributed by atoms with Gasteiger partial charge in [0.1, 0.15) is 6.04 Å². The van der Waals surface area contributed by atoms with Crippen LogP contribution in [0.25, 0.3) is 0 Å². The van der Waals surface area contributed by atoms with Gasteiger partial charge >= 0.3 is 5.97 Å². The van der Waals surface area contributed by atoms with Crippen molar-refractivity contribution in [1.82, 2.24) is 10.2 Å². The Hall–Kier alpha value is -2.12. The van der Waals surface area contributed by atoms with Gasteiger partial charge < -0.3 is 21.1 Å². The minimum atomic E-state index is -1.35. The van der Waals surface area contributed by atoms with Crippen LogP contribution in [0.1, 0.15) is 12.8 Å². The third-order valence-electron chi connectivity index (χ3n) is 2.73. The molecule has 8 heteroatoms. The molecular formula is C10H15N3O5. The fourth-order valence-corrected chi connectivity index (χ4v) is 1.73. The number of rotatable bonds is 5. The molecule has 0 aliphatic carbocycles. The van der Waals surface area contributed by atoms with Crippen LogP contribution in [0, 0.1) is 5.92 Å². The number of nitrogens with zero attached hydrogens (tertiary/aromatic N) is 1. The third-order valence-corrected chi connectivity index (χ3v) is 2.73. The van der Waals surface area contributed by atoms with Gasteiger partial charge in [0.15, 0.2) is 0 Å². The van der Waals surface area contributed by atoms with Gasteiger partial charge in [0.05, 0.1) is 12.3 Å². The van der Waals surface area contributed by atoms with Crippen LogP contribution in [0.4, 0.5) is 0 Å². The number of likely N-dealkylation sites (tertiary alicyclic amines) is 1. The maximum Gasteiger partial charge on any atom is 0.326 e. The number of carbonyl (C=O) groups is 4. The fourth-order valence-electron chi connectivity index (χ4n) is 1.73. The normalized spacial score (nSPS) is 20.6. The second-order valence-electron chi connectivity index (χ2n) is 4.25. The average Bonchev–Trinajstić information content (AvgIpc) is 2.57. The number of aliphatic carboxylic acids is 1. The van der Waals surface area contributed by atoms with Gasteiger partial charge in [0.25, 0.3) is 0 Å². The molecule has 0 spiro atoms. The van der Waals surface area contributed by atoms with Gasteiger partial charge in [-0.1, -0.05) is 0 Å². The maximum absolute atomic E-state index is 11.7. The first-order valence-electron chi connectivity index (χ1n) is 5.36. The second kappa shape index (κ2) is 5.48. The first-order valence-corrected chi connectivity index (χ1v) is 5.36. The molecule has 0 aromatic carbocycles. The smallest absolute Gasteiger partial charge is 0.326 e. The van der Waals surface area contributed by atoms with Crippen LogP contribution in [-0.4, -0.2) is 53.3 Å². The summed E-state index contributed by atoms with van der Waals surface area (Å²) in [4.78, 5) is 45.8. The van der Waals surface area contributed by atoms with Crippen molar-refractivity contribution in [3.05, 3.63) is 0 Å². The van der Waals surface area contributed by atoms with E-state index < -0.39 is 36.2 Å². The Morgan fingerprint density at radius 2 is 2.17 bits per heavy atom. The van der Waals surface area contributed by atoms with E-state index in [-0.39, 0.29) is 18.9 Å². The average molecular weight is 257 g/mol. The molecule has 0 saturated carbocycles. The van der Waals surface area contributed by atoms with Crippen LogP contribution in [-0.2, 0) is 19.2 Å². The minimum Gasteiger partial charge on any atom is -0.480 e. The first-order chi connectivity index (χ1) is 8.31. The molecule has 0 radical (unpaired) electrons. The van der Waals surface area contributed by atoms with Gasteiger partial charge in [-0.2, -0.15) is 0 Å². The summed E-state index contributed by atoms with van der Waals surface area (Å²) in [5, 5.41) is 11.0. The van der Waals surface area contributed by atoms with Crippen LogP contribution in [0.5, 0.6) is 0 Å². The lowest BCUT2D eigenvalue weighted by Crippen LogP contribution is -2.46. The van der Waals surface area contributed by atoms with Crippen molar-refractivity contribution in [2.45, 2.75) is 18.9 Å². The monoisotopic (exact) mass is 257 g/mol. The lowest BCUT2D eigenvalue weighted by atomic mass is 10.1. The van der Waals surface area contributed by atoms with Crippen molar-refractivity contribution in [3.8, 4) is 0 Å². The standard InChI is InChI=1S/C10H15N3O5/c1-13-4-5(2-8(13)15)9(16)12-6(10(17)18)3-7(11)14/h5-6H,2-4H2,1H3,(H2,11,14)(H,12,16)(H,17,18)/t5?,6-/m1/s1. The summed E-state index contributed by atoms with van der Waals surface area (Å²) in [6, 6.07) is -1.35. The lowest BCUT2D eigenvalue weighted by Gasteiger charge is -2.15. The van der Waals surface area contributed by atoms with E-state index in [0.717, 1.165) is 0 Å². The highest BCUT2D eigenvalue weighted by atomic mass is 16.4. The zero-order valence-electron chi connectivity index (χ0n) is 9.88. The minimum absolute atomic E-state index is 0.0469. The highest BCUT2D eigenvalue weighted by Gasteiger charge is 2.34. The number of carboxylic acid groups (broad SMARTS) is 1. The summed E-state index contributed by atoms with van der Waals surface area (Å²) in [6.07, 6.45) is -0.428. The van der Waals surface area contributed by atoms with Crippen LogP contribution in [0.3, 0.4) is 0 Å². The first kappa shape index (κ1) is 13.9. The van der Waals surface area contributed by atoms with Crippen LogP contribution >= 0.6 is 0 Å². The SMILES string of the molecule is CN1CC(C(=O)N[C@H](CC(N)=O)C(=O)O)CC1=O. The zero-order chi connectivity index (χ0) is 13.9. The molecule has 0 aromatic rings. The summed E-state index contributed by atoms with van der Waals surface area (Å²) < 4.78 is 0. The molecule has 3 amide bonds. The summed E-state index contributed by atoms with van der Waals surface area (Å²) in [5.74, 6) is -3.46. The van der Waals surface area contributed by atoms with E-state index in [4.69, 9.17) is 10.8 Å². The lowest BCUT2D eigenvalue weighted by molar-refractivity contribution is -0.143. The Labute approximate surface area is 103 Å². The number of hydrogen-bond acceptors (Lipinski definition) is 4. The molecule has 1 fully saturated rings. The predicted molar refractivity (Wildman–Crippen MR) is 59.1 cm³/mol. The molecule has 0 aromatic heterocycles. The summed E-state index contributed by atoms with van der Waals surface area (Å²) in [7, 11) is 1.56. The van der Waals surface area contributed by atoms with Crippen molar-refractivity contribution < 1.29 is 24.3 Å². The van der Waals surface area contributed by atoms with Crippen molar-refractivity contribution in [1.29, 1.82) is 0 Å². The van der Waals surface area contributed by atoms with E-state index >= 15 is 0 Å². The number of nitrogens with one attached hydrogen (secondary N) is 1. The summed E-state index contributed by atoms with van der Waals surface area (Å²) >= 11 is 0. The molecule has 1 heterocycles. The molecular weight excluding hydrogens is 242 g/mol. The molecule has 18 heavy (non-hydrogen) atoms. The second-order valence-corrected chi connectivity index (χ2v) is 4.25. The van der Waals surface area contributed by atoms with Crippen LogP contribution < -0.4 is 11.1 Å². The molecule has 1 aliphatic rings. The summed E-state index contributed by atoms with van der Waals surface area (Å²) in [5.41, 5.74) is 4.89. The Balaban J connectivity index is 2.59. The number of amides is 3. The number of carbonyl (C=O) groups excluding carboxylic acids is 3. The largest absolute Gasteiger partial charge is 0.480 e. The number of nitrogens with two attached hydrogens (primary N) is 1. The molecule has 1 aliphatic heterocycles. The zero-order valence-corrected chi connectivity index (χ0v) is 9.88. The van der Waals surface area contributed by atoms with Gasteiger partial charge in [-0.15, -0.1) is 0 Å². The van der Waals surface area contributed by atoms with Gasteiger partial charge in [-0.25, -0.2) is 4.79 Å². The number of primary amides is 1. The van der Waals surface area contributed by atoms with E-state index in [1.165, 1.54) is 4.90 Å². The predicted octanol–water partition coefficient (Wildman–Crippen LogP) is -2.09. The molecule has 8 nitrogen and oxygen atoms in total. The van der Waals surface area contributed by atoms with Crippen molar-refractivity contribution in [2.24, 2.45) is 11.7 Å². The highest BCUT2D eigenvalue weighted by Crippen LogP contribution is 2.16. The number of hydrogen-bond donors (Lipinski definition) is 3.